The molecule has 0 saturated heterocycles. The molecule has 4 atom stereocenters. The van der Waals surface area contributed by atoms with Gasteiger partial charge in [-0.05, 0) is 54.1 Å². The van der Waals surface area contributed by atoms with Crippen molar-refractivity contribution in [2.24, 2.45) is 17.3 Å². The largest absolute Gasteiger partial charge is 0.466 e. The van der Waals surface area contributed by atoms with Gasteiger partial charge >= 0.3 is 11.9 Å². The molecular formula is C17H18O5. The molecule has 0 radical (unpaired) electrons. The second-order valence-electron chi connectivity index (χ2n) is 7.03. The van der Waals surface area contributed by atoms with Gasteiger partial charge in [-0.1, -0.05) is 0 Å². The molecule has 0 N–H and O–H groups in total. The quantitative estimate of drug-likeness (QED) is 0.572. The summed E-state index contributed by atoms with van der Waals surface area (Å²) in [5.74, 6) is 0.154. The summed E-state index contributed by atoms with van der Waals surface area (Å²) in [4.78, 5) is 24.4. The first-order valence-electron chi connectivity index (χ1n) is 7.94. The van der Waals surface area contributed by atoms with Crippen molar-refractivity contribution in [2.75, 3.05) is 14.2 Å². The number of hydrogen-bond acceptors (Lipinski definition) is 5. The Balaban J connectivity index is 1.63. The molecule has 1 spiro atoms. The van der Waals surface area contributed by atoms with Crippen LogP contribution >= 0.6 is 0 Å². The van der Waals surface area contributed by atoms with Gasteiger partial charge < -0.3 is 14.2 Å². The molecule has 2 aliphatic heterocycles. The minimum Gasteiger partial charge on any atom is -0.466 e. The van der Waals surface area contributed by atoms with Crippen LogP contribution in [-0.4, -0.2) is 38.4 Å². The van der Waals surface area contributed by atoms with Crippen LogP contribution in [0.25, 0.3) is 0 Å². The highest BCUT2D eigenvalue weighted by molar-refractivity contribution is 6.05. The molecule has 3 aliphatic carbocycles. The van der Waals surface area contributed by atoms with Crippen LogP contribution in [0.5, 0.6) is 0 Å². The first kappa shape index (κ1) is 12.9. The van der Waals surface area contributed by atoms with E-state index in [1.807, 2.05) is 0 Å². The zero-order chi connectivity index (χ0) is 15.2. The average Bonchev–Trinajstić information content (AvgIpc) is 2.85. The fourth-order valence-electron chi connectivity index (χ4n) is 5.66. The van der Waals surface area contributed by atoms with Crippen molar-refractivity contribution in [1.82, 2.24) is 0 Å². The minimum atomic E-state index is -0.466. The maximum absolute atomic E-state index is 12.2. The van der Waals surface area contributed by atoms with Gasteiger partial charge in [0, 0.05) is 0 Å². The number of fused-ring (bicyclic) bond motifs is 6. The van der Waals surface area contributed by atoms with Gasteiger partial charge in [0.25, 0.3) is 0 Å². The fourth-order valence-corrected chi connectivity index (χ4v) is 5.66. The SMILES string of the molecule is COC(=O)C1=C(C(=O)OC)C2OC1C1=C2C2CCC1C21CC1. The third-order valence-electron chi connectivity index (χ3n) is 6.51. The van der Waals surface area contributed by atoms with Crippen molar-refractivity contribution in [3.63, 3.8) is 0 Å². The van der Waals surface area contributed by atoms with Crippen molar-refractivity contribution in [3.05, 3.63) is 22.3 Å². The van der Waals surface area contributed by atoms with E-state index in [0.717, 1.165) is 0 Å². The lowest BCUT2D eigenvalue weighted by Gasteiger charge is -2.23. The first-order valence-corrected chi connectivity index (χ1v) is 7.94. The molecule has 4 unspecified atom stereocenters. The van der Waals surface area contributed by atoms with Crippen molar-refractivity contribution in [3.8, 4) is 0 Å². The minimum absolute atomic E-state index is 0.376. The lowest BCUT2D eigenvalue weighted by molar-refractivity contribution is -0.139. The Morgan fingerprint density at radius 2 is 1.41 bits per heavy atom. The van der Waals surface area contributed by atoms with Gasteiger partial charge in [0.1, 0.15) is 12.2 Å². The van der Waals surface area contributed by atoms with Crippen molar-refractivity contribution >= 4 is 11.9 Å². The van der Waals surface area contributed by atoms with Crippen LogP contribution < -0.4 is 0 Å². The van der Waals surface area contributed by atoms with E-state index in [1.165, 1.54) is 51.0 Å². The monoisotopic (exact) mass is 302 g/mol. The Morgan fingerprint density at radius 1 is 0.955 bits per heavy atom. The Bertz CT molecular complexity index is 629. The molecule has 2 fully saturated rings. The summed E-state index contributed by atoms with van der Waals surface area (Å²) in [6.45, 7) is 0. The molecule has 4 bridgehead atoms. The predicted octanol–water partition coefficient (Wildman–Crippen LogP) is 1.53. The van der Waals surface area contributed by atoms with E-state index in [1.54, 1.807) is 0 Å². The molecule has 0 aromatic rings. The summed E-state index contributed by atoms with van der Waals surface area (Å²) in [6.07, 6.45) is 4.17. The predicted molar refractivity (Wildman–Crippen MR) is 74.6 cm³/mol. The van der Waals surface area contributed by atoms with E-state index >= 15 is 0 Å². The smallest absolute Gasteiger partial charge is 0.337 e. The number of ether oxygens (including phenoxy) is 3. The van der Waals surface area contributed by atoms with Crippen LogP contribution in [0.4, 0.5) is 0 Å². The normalized spacial score (nSPS) is 38.8. The third kappa shape index (κ3) is 1.19. The Labute approximate surface area is 128 Å². The Morgan fingerprint density at radius 3 is 1.77 bits per heavy atom. The molecule has 2 saturated carbocycles. The van der Waals surface area contributed by atoms with E-state index in [9.17, 15) is 9.59 Å². The van der Waals surface area contributed by atoms with Crippen LogP contribution in [0.3, 0.4) is 0 Å². The number of methoxy groups -OCH3 is 2. The Kier molecular flexibility index (Phi) is 2.24. The van der Waals surface area contributed by atoms with Gasteiger partial charge in [-0.2, -0.15) is 0 Å². The summed E-state index contributed by atoms with van der Waals surface area (Å²) in [5, 5.41) is 0. The van der Waals surface area contributed by atoms with Crippen LogP contribution in [-0.2, 0) is 23.8 Å². The molecule has 5 rings (SSSR count). The van der Waals surface area contributed by atoms with E-state index in [2.05, 4.69) is 0 Å². The van der Waals surface area contributed by atoms with Gasteiger partial charge in [0.2, 0.25) is 0 Å². The number of carbonyl (C=O) groups excluding carboxylic acids is 2. The average molecular weight is 302 g/mol. The molecule has 116 valence electrons. The van der Waals surface area contributed by atoms with Crippen molar-refractivity contribution in [1.29, 1.82) is 0 Å². The van der Waals surface area contributed by atoms with E-state index in [4.69, 9.17) is 14.2 Å². The van der Waals surface area contributed by atoms with Gasteiger partial charge in [-0.15, -0.1) is 0 Å². The highest BCUT2D eigenvalue weighted by Crippen LogP contribution is 2.76. The van der Waals surface area contributed by atoms with Crippen LogP contribution in [0.1, 0.15) is 25.7 Å². The lowest BCUT2D eigenvalue weighted by atomic mass is 9.79. The standard InChI is InChI=1S/C17H18O5/c1-20-15(18)11-12(16(19)21-2)14-10-8-4-3-7(17(8)5-6-17)9(10)13(11)22-14/h7-8,13-14H,3-6H2,1-2H3. The molecule has 0 amide bonds. The second-order valence-corrected chi connectivity index (χ2v) is 7.03. The summed E-state index contributed by atoms with van der Waals surface area (Å²) in [7, 11) is 2.68. The maximum Gasteiger partial charge on any atom is 0.337 e. The molecule has 5 aliphatic rings. The first-order chi connectivity index (χ1) is 10.6. The van der Waals surface area contributed by atoms with Gasteiger partial charge in [-0.25, -0.2) is 9.59 Å². The molecule has 22 heavy (non-hydrogen) atoms. The van der Waals surface area contributed by atoms with E-state index < -0.39 is 11.9 Å². The summed E-state index contributed by atoms with van der Waals surface area (Å²) in [5.41, 5.74) is 3.78. The molecular weight excluding hydrogens is 284 g/mol. The summed E-state index contributed by atoms with van der Waals surface area (Å²) in [6, 6.07) is 0. The lowest BCUT2D eigenvalue weighted by Crippen LogP contribution is -2.27. The maximum atomic E-state index is 12.2. The molecule has 2 heterocycles. The molecule has 0 aromatic heterocycles. The number of rotatable bonds is 2. The summed E-state index contributed by atoms with van der Waals surface area (Å²) >= 11 is 0. The zero-order valence-corrected chi connectivity index (χ0v) is 12.7. The fraction of sp³-hybridized carbons (Fsp3) is 0.647. The topological polar surface area (TPSA) is 61.8 Å². The third-order valence-corrected chi connectivity index (χ3v) is 6.51. The number of carbonyl (C=O) groups is 2. The highest BCUT2D eigenvalue weighted by Gasteiger charge is 2.71. The van der Waals surface area contributed by atoms with Gasteiger partial charge in [0.15, 0.2) is 0 Å². The zero-order valence-electron chi connectivity index (χ0n) is 12.7. The van der Waals surface area contributed by atoms with Crippen LogP contribution in [0, 0.1) is 17.3 Å². The van der Waals surface area contributed by atoms with E-state index in [0.29, 0.717) is 28.4 Å². The number of esters is 2. The van der Waals surface area contributed by atoms with Crippen LogP contribution in [0.2, 0.25) is 0 Å². The van der Waals surface area contributed by atoms with Crippen molar-refractivity contribution < 1.29 is 23.8 Å². The van der Waals surface area contributed by atoms with Crippen molar-refractivity contribution in [2.45, 2.75) is 37.9 Å². The molecule has 0 aromatic carbocycles. The van der Waals surface area contributed by atoms with Gasteiger partial charge in [-0.3, -0.25) is 0 Å². The number of hydrogen-bond donors (Lipinski definition) is 0. The molecule has 5 heteroatoms. The summed E-state index contributed by atoms with van der Waals surface area (Å²) < 4.78 is 15.9. The van der Waals surface area contributed by atoms with E-state index in [-0.39, 0.29) is 12.2 Å². The molecule has 5 nitrogen and oxygen atoms in total. The van der Waals surface area contributed by atoms with Crippen LogP contribution in [0.15, 0.2) is 22.3 Å². The second kappa shape index (κ2) is 3.82. The van der Waals surface area contributed by atoms with Gasteiger partial charge in [0.05, 0.1) is 25.4 Å². The highest BCUT2D eigenvalue weighted by atomic mass is 16.5. The Hall–Kier alpha value is -1.62.